The molecule has 2 N–H and O–H groups in total. The highest BCUT2D eigenvalue weighted by Gasteiger charge is 2.22. The van der Waals surface area contributed by atoms with Crippen molar-refractivity contribution in [2.24, 2.45) is 0 Å². The molecule has 1 saturated heterocycles. The lowest BCUT2D eigenvalue weighted by atomic mass is 10.1. The monoisotopic (exact) mass is 320 g/mol. The number of hydrogen-bond acceptors (Lipinski definition) is 5. The second kappa shape index (κ2) is 7.99. The van der Waals surface area contributed by atoms with E-state index in [1.807, 2.05) is 6.07 Å². The molecule has 5 nitrogen and oxygen atoms in total. The van der Waals surface area contributed by atoms with Crippen molar-refractivity contribution in [1.29, 1.82) is 0 Å². The van der Waals surface area contributed by atoms with Crippen LogP contribution in [0.5, 0.6) is 11.5 Å². The average Bonchev–Trinajstić information content (AvgIpc) is 3.22. The third-order valence-electron chi connectivity index (χ3n) is 4.93. The first kappa shape index (κ1) is 16.6. The molecule has 0 aromatic heterocycles. The zero-order valence-corrected chi connectivity index (χ0v) is 14.0. The lowest BCUT2D eigenvalue weighted by Gasteiger charge is -2.22. The van der Waals surface area contributed by atoms with Gasteiger partial charge in [0.25, 0.3) is 0 Å². The SMILES string of the molecule is CC(NCCCCN1CCCC1CO)c1ccc2c(c1)OCO2. The number of aliphatic hydroxyl groups excluding tert-OH is 1. The highest BCUT2D eigenvalue weighted by atomic mass is 16.7. The number of hydrogen-bond donors (Lipinski definition) is 2. The van der Waals surface area contributed by atoms with Gasteiger partial charge in [0, 0.05) is 12.1 Å². The summed E-state index contributed by atoms with van der Waals surface area (Å²) in [7, 11) is 0. The summed E-state index contributed by atoms with van der Waals surface area (Å²) in [6.07, 6.45) is 4.71. The Morgan fingerprint density at radius 1 is 1.30 bits per heavy atom. The van der Waals surface area contributed by atoms with Crippen LogP contribution in [0.15, 0.2) is 18.2 Å². The number of nitrogens with one attached hydrogen (secondary N) is 1. The minimum absolute atomic E-state index is 0.305. The third-order valence-corrected chi connectivity index (χ3v) is 4.93. The van der Waals surface area contributed by atoms with Crippen molar-refractivity contribution in [3.63, 3.8) is 0 Å². The van der Waals surface area contributed by atoms with Crippen LogP contribution in [0.1, 0.15) is 44.2 Å². The van der Waals surface area contributed by atoms with Crippen molar-refractivity contribution in [2.75, 3.05) is 33.0 Å². The molecule has 2 aliphatic heterocycles. The molecule has 2 aliphatic rings. The number of unbranched alkanes of at least 4 members (excludes halogenated alkanes) is 1. The van der Waals surface area contributed by atoms with Crippen LogP contribution in [0, 0.1) is 0 Å². The largest absolute Gasteiger partial charge is 0.454 e. The van der Waals surface area contributed by atoms with Gasteiger partial charge in [0.1, 0.15) is 0 Å². The van der Waals surface area contributed by atoms with Gasteiger partial charge in [-0.15, -0.1) is 0 Å². The van der Waals surface area contributed by atoms with Gasteiger partial charge in [-0.2, -0.15) is 0 Å². The van der Waals surface area contributed by atoms with E-state index in [1.54, 1.807) is 0 Å². The van der Waals surface area contributed by atoms with Gasteiger partial charge in [-0.1, -0.05) is 6.07 Å². The highest BCUT2D eigenvalue weighted by molar-refractivity contribution is 5.45. The van der Waals surface area contributed by atoms with E-state index in [9.17, 15) is 5.11 Å². The van der Waals surface area contributed by atoms with Gasteiger partial charge in [-0.05, 0) is 69.9 Å². The van der Waals surface area contributed by atoms with E-state index in [4.69, 9.17) is 9.47 Å². The number of fused-ring (bicyclic) bond motifs is 1. The fourth-order valence-electron chi connectivity index (χ4n) is 3.46. The Kier molecular flexibility index (Phi) is 5.75. The molecule has 0 bridgehead atoms. The molecular formula is C18H28N2O3. The molecule has 3 rings (SSSR count). The predicted octanol–water partition coefficient (Wildman–Crippen LogP) is 2.30. The first-order chi connectivity index (χ1) is 11.3. The fourth-order valence-corrected chi connectivity index (χ4v) is 3.46. The molecule has 0 radical (unpaired) electrons. The van der Waals surface area contributed by atoms with Gasteiger partial charge in [0.15, 0.2) is 11.5 Å². The summed E-state index contributed by atoms with van der Waals surface area (Å²) in [4.78, 5) is 2.43. The number of benzene rings is 1. The first-order valence-electron chi connectivity index (χ1n) is 8.76. The van der Waals surface area contributed by atoms with E-state index in [-0.39, 0.29) is 0 Å². The molecule has 0 spiro atoms. The molecule has 2 unspecified atom stereocenters. The minimum Gasteiger partial charge on any atom is -0.454 e. The Labute approximate surface area is 138 Å². The summed E-state index contributed by atoms with van der Waals surface area (Å²) < 4.78 is 10.8. The van der Waals surface area contributed by atoms with Crippen LogP contribution in [0.25, 0.3) is 0 Å². The summed E-state index contributed by atoms with van der Waals surface area (Å²) in [5.41, 5.74) is 1.23. The van der Waals surface area contributed by atoms with Crippen LogP contribution in [-0.2, 0) is 0 Å². The van der Waals surface area contributed by atoms with Crippen molar-refractivity contribution in [1.82, 2.24) is 10.2 Å². The molecule has 23 heavy (non-hydrogen) atoms. The smallest absolute Gasteiger partial charge is 0.231 e. The Morgan fingerprint density at radius 3 is 3.04 bits per heavy atom. The normalized spacial score (nSPS) is 21.7. The summed E-state index contributed by atoms with van der Waals surface area (Å²) in [6, 6.07) is 6.85. The molecule has 1 aromatic rings. The van der Waals surface area contributed by atoms with E-state index in [0.29, 0.717) is 25.5 Å². The zero-order valence-electron chi connectivity index (χ0n) is 14.0. The maximum Gasteiger partial charge on any atom is 0.231 e. The lowest BCUT2D eigenvalue weighted by Crippen LogP contribution is -2.33. The van der Waals surface area contributed by atoms with Gasteiger partial charge in [-0.25, -0.2) is 0 Å². The molecule has 1 aromatic carbocycles. The number of aliphatic hydroxyl groups is 1. The van der Waals surface area contributed by atoms with E-state index in [1.165, 1.54) is 18.4 Å². The van der Waals surface area contributed by atoms with Crippen molar-refractivity contribution in [3.05, 3.63) is 23.8 Å². The Bertz CT molecular complexity index is 509. The Hall–Kier alpha value is -1.30. The maximum atomic E-state index is 9.33. The molecule has 128 valence electrons. The second-order valence-electron chi connectivity index (χ2n) is 6.51. The Balaban J connectivity index is 1.35. The molecular weight excluding hydrogens is 292 g/mol. The maximum absolute atomic E-state index is 9.33. The second-order valence-corrected chi connectivity index (χ2v) is 6.51. The molecule has 2 atom stereocenters. The number of nitrogens with zero attached hydrogens (tertiary/aromatic N) is 1. The van der Waals surface area contributed by atoms with Crippen molar-refractivity contribution in [2.45, 2.75) is 44.7 Å². The van der Waals surface area contributed by atoms with Crippen molar-refractivity contribution in [3.8, 4) is 11.5 Å². The van der Waals surface area contributed by atoms with Crippen LogP contribution < -0.4 is 14.8 Å². The first-order valence-corrected chi connectivity index (χ1v) is 8.76. The molecule has 0 saturated carbocycles. The van der Waals surface area contributed by atoms with E-state index in [0.717, 1.165) is 44.0 Å². The highest BCUT2D eigenvalue weighted by Crippen LogP contribution is 2.34. The molecule has 0 aliphatic carbocycles. The van der Waals surface area contributed by atoms with Crippen molar-refractivity contribution < 1.29 is 14.6 Å². The molecule has 5 heteroatoms. The standard InChI is InChI=1S/C18H28N2O3/c1-14(15-6-7-17-18(11-15)23-13-22-17)19-8-2-3-9-20-10-4-5-16(20)12-21/h6-7,11,14,16,19,21H,2-5,8-10,12-13H2,1H3. The van der Waals surface area contributed by atoms with Crippen LogP contribution >= 0.6 is 0 Å². The topological polar surface area (TPSA) is 54.0 Å². The van der Waals surface area contributed by atoms with Gasteiger partial charge in [0.05, 0.1) is 6.61 Å². The van der Waals surface area contributed by atoms with E-state index >= 15 is 0 Å². The average molecular weight is 320 g/mol. The van der Waals surface area contributed by atoms with Crippen molar-refractivity contribution >= 4 is 0 Å². The molecule has 2 heterocycles. The van der Waals surface area contributed by atoms with Gasteiger partial charge < -0.3 is 19.9 Å². The minimum atomic E-state index is 0.305. The fraction of sp³-hybridized carbons (Fsp3) is 0.667. The van der Waals surface area contributed by atoms with Crippen LogP contribution in [-0.4, -0.2) is 49.1 Å². The van der Waals surface area contributed by atoms with Crippen LogP contribution in [0.3, 0.4) is 0 Å². The number of ether oxygens (including phenoxy) is 2. The number of likely N-dealkylation sites (tertiary alicyclic amines) is 1. The molecule has 1 fully saturated rings. The summed E-state index contributed by atoms with van der Waals surface area (Å²) in [6.45, 7) is 6.07. The van der Waals surface area contributed by atoms with E-state index in [2.05, 4.69) is 29.3 Å². The van der Waals surface area contributed by atoms with Gasteiger partial charge in [-0.3, -0.25) is 4.90 Å². The third kappa shape index (κ3) is 4.16. The summed E-state index contributed by atoms with van der Waals surface area (Å²) >= 11 is 0. The van der Waals surface area contributed by atoms with Gasteiger partial charge >= 0.3 is 0 Å². The van der Waals surface area contributed by atoms with E-state index < -0.39 is 0 Å². The molecule has 0 amide bonds. The predicted molar refractivity (Wildman–Crippen MR) is 89.9 cm³/mol. The van der Waals surface area contributed by atoms with Crippen LogP contribution in [0.4, 0.5) is 0 Å². The Morgan fingerprint density at radius 2 is 2.17 bits per heavy atom. The quantitative estimate of drug-likeness (QED) is 0.720. The lowest BCUT2D eigenvalue weighted by molar-refractivity contribution is 0.157. The van der Waals surface area contributed by atoms with Gasteiger partial charge in [0.2, 0.25) is 6.79 Å². The zero-order chi connectivity index (χ0) is 16.1. The summed E-state index contributed by atoms with van der Waals surface area (Å²) in [5.74, 6) is 1.69. The number of rotatable bonds is 8. The van der Waals surface area contributed by atoms with Crippen LogP contribution in [0.2, 0.25) is 0 Å². The summed E-state index contributed by atoms with van der Waals surface area (Å²) in [5, 5.41) is 12.9.